The fourth-order valence-corrected chi connectivity index (χ4v) is 2.11. The molecule has 0 bridgehead atoms. The molecule has 3 aromatic rings. The van der Waals surface area contributed by atoms with Crippen molar-refractivity contribution < 1.29 is 13.0 Å². The van der Waals surface area contributed by atoms with Gasteiger partial charge in [0.05, 0.1) is 10.4 Å². The van der Waals surface area contributed by atoms with Crippen LogP contribution in [0.2, 0.25) is 0 Å². The largest absolute Gasteiger partial charge is 0.294 e. The molecule has 0 fully saturated rings. The van der Waals surface area contributed by atoms with E-state index in [0.717, 1.165) is 16.5 Å². The summed E-state index contributed by atoms with van der Waals surface area (Å²) >= 11 is 0. The van der Waals surface area contributed by atoms with Gasteiger partial charge in [-0.2, -0.15) is 8.42 Å². The van der Waals surface area contributed by atoms with Crippen LogP contribution in [0.4, 0.5) is 0 Å². The van der Waals surface area contributed by atoms with Crippen LogP contribution in [0.15, 0.2) is 66.0 Å². The molecular formula is C15H14N2O3S. The average molecular weight is 302 g/mol. The van der Waals surface area contributed by atoms with Crippen molar-refractivity contribution in [3.8, 4) is 0 Å². The molecule has 0 aliphatic heterocycles. The molecule has 0 atom stereocenters. The quantitative estimate of drug-likeness (QED) is 0.699. The number of hydrogen-bond acceptors (Lipinski definition) is 4. The van der Waals surface area contributed by atoms with Crippen LogP contribution in [0.5, 0.6) is 0 Å². The number of fused-ring (bicyclic) bond motifs is 1. The molecule has 1 N–H and O–H groups in total. The van der Waals surface area contributed by atoms with Crippen LogP contribution in [0, 0.1) is 6.92 Å². The molecule has 21 heavy (non-hydrogen) atoms. The smallest absolute Gasteiger partial charge is 0.282 e. The van der Waals surface area contributed by atoms with Gasteiger partial charge in [-0.25, -0.2) is 9.97 Å². The third-order valence-electron chi connectivity index (χ3n) is 2.73. The lowest BCUT2D eigenvalue weighted by Gasteiger charge is -1.95. The van der Waals surface area contributed by atoms with Crippen LogP contribution in [0.25, 0.3) is 10.9 Å². The standard InChI is InChI=1S/C8H6N2.C7H8O3S/c1-2-4-8-7(3-1)5-9-6-10-8;1-6-2-4-7(5-3-6)11(8,9)10/h1-6H;2-5H,1H3,(H,8,9,10). The SMILES string of the molecule is Cc1ccc(S(=O)(=O)O)cc1.c1ccc2ncncc2c1. The van der Waals surface area contributed by atoms with E-state index in [1.165, 1.54) is 12.1 Å². The van der Waals surface area contributed by atoms with E-state index in [-0.39, 0.29) is 4.90 Å². The van der Waals surface area contributed by atoms with Gasteiger partial charge in [-0.15, -0.1) is 0 Å². The van der Waals surface area contributed by atoms with E-state index in [1.54, 1.807) is 18.5 Å². The Hall–Kier alpha value is -2.31. The molecule has 0 saturated carbocycles. The van der Waals surface area contributed by atoms with Crippen LogP contribution < -0.4 is 0 Å². The first kappa shape index (κ1) is 15.1. The van der Waals surface area contributed by atoms with Gasteiger partial charge in [0, 0.05) is 11.6 Å². The number of hydrogen-bond donors (Lipinski definition) is 1. The van der Waals surface area contributed by atoms with E-state index >= 15 is 0 Å². The van der Waals surface area contributed by atoms with Crippen molar-refractivity contribution in [1.82, 2.24) is 9.97 Å². The lowest BCUT2D eigenvalue weighted by molar-refractivity contribution is 0.483. The maximum Gasteiger partial charge on any atom is 0.294 e. The Balaban J connectivity index is 0.000000154. The van der Waals surface area contributed by atoms with Gasteiger partial charge in [-0.05, 0) is 25.1 Å². The molecule has 5 nitrogen and oxygen atoms in total. The number of aromatic nitrogens is 2. The van der Waals surface area contributed by atoms with Crippen molar-refractivity contribution in [1.29, 1.82) is 0 Å². The van der Waals surface area contributed by atoms with Gasteiger partial charge < -0.3 is 0 Å². The number of benzene rings is 2. The van der Waals surface area contributed by atoms with Crippen LogP contribution in [-0.4, -0.2) is 22.9 Å². The Morgan fingerprint density at radius 3 is 2.29 bits per heavy atom. The summed E-state index contributed by atoms with van der Waals surface area (Å²) < 4.78 is 29.6. The first-order chi connectivity index (χ1) is 9.97. The van der Waals surface area contributed by atoms with Crippen molar-refractivity contribution in [2.45, 2.75) is 11.8 Å². The maximum atomic E-state index is 10.5. The summed E-state index contributed by atoms with van der Waals surface area (Å²) in [5, 5.41) is 1.09. The maximum absolute atomic E-state index is 10.5. The fourth-order valence-electron chi connectivity index (χ4n) is 1.63. The summed E-state index contributed by atoms with van der Waals surface area (Å²) in [5.41, 5.74) is 1.95. The summed E-state index contributed by atoms with van der Waals surface area (Å²) in [4.78, 5) is 7.91. The fraction of sp³-hybridized carbons (Fsp3) is 0.0667. The topological polar surface area (TPSA) is 80.2 Å². The summed E-state index contributed by atoms with van der Waals surface area (Å²) in [5.74, 6) is 0. The molecule has 0 aliphatic rings. The van der Waals surface area contributed by atoms with Crippen molar-refractivity contribution >= 4 is 21.0 Å². The van der Waals surface area contributed by atoms with Crippen molar-refractivity contribution in [2.24, 2.45) is 0 Å². The molecule has 0 amide bonds. The Morgan fingerprint density at radius 2 is 1.67 bits per heavy atom. The zero-order valence-corrected chi connectivity index (χ0v) is 12.2. The van der Waals surface area contributed by atoms with Gasteiger partial charge >= 0.3 is 0 Å². The molecule has 0 spiro atoms. The minimum absolute atomic E-state index is 0.0666. The molecule has 0 unspecified atom stereocenters. The van der Waals surface area contributed by atoms with E-state index in [4.69, 9.17) is 4.55 Å². The third kappa shape index (κ3) is 4.34. The third-order valence-corrected chi connectivity index (χ3v) is 3.60. The van der Waals surface area contributed by atoms with Crippen LogP contribution in [-0.2, 0) is 10.1 Å². The first-order valence-electron chi connectivity index (χ1n) is 6.16. The molecule has 3 rings (SSSR count). The first-order valence-corrected chi connectivity index (χ1v) is 7.60. The molecular weight excluding hydrogens is 288 g/mol. The van der Waals surface area contributed by atoms with E-state index < -0.39 is 10.1 Å². The minimum Gasteiger partial charge on any atom is -0.282 e. The zero-order chi connectivity index (χ0) is 15.3. The Bertz CT molecular complexity index is 765. The second-order valence-corrected chi connectivity index (χ2v) is 5.79. The van der Waals surface area contributed by atoms with E-state index in [9.17, 15) is 8.42 Å². The predicted octanol–water partition coefficient (Wildman–Crippen LogP) is 2.87. The summed E-state index contributed by atoms with van der Waals surface area (Å²) in [7, 11) is -4.02. The zero-order valence-electron chi connectivity index (χ0n) is 11.3. The van der Waals surface area contributed by atoms with Gasteiger partial charge in [0.25, 0.3) is 10.1 Å². The highest BCUT2D eigenvalue weighted by molar-refractivity contribution is 7.85. The molecule has 0 radical (unpaired) electrons. The molecule has 1 aromatic heterocycles. The summed E-state index contributed by atoms with van der Waals surface area (Å²) in [6.07, 6.45) is 3.37. The summed E-state index contributed by atoms with van der Waals surface area (Å²) in [6, 6.07) is 13.9. The van der Waals surface area contributed by atoms with Crippen molar-refractivity contribution in [2.75, 3.05) is 0 Å². The van der Waals surface area contributed by atoms with Gasteiger partial charge in [0.2, 0.25) is 0 Å². The van der Waals surface area contributed by atoms with Crippen LogP contribution >= 0.6 is 0 Å². The van der Waals surface area contributed by atoms with Gasteiger partial charge in [0.15, 0.2) is 0 Å². The lowest BCUT2D eigenvalue weighted by Crippen LogP contribution is -1.96. The molecule has 1 heterocycles. The second kappa shape index (κ2) is 6.43. The van der Waals surface area contributed by atoms with Crippen LogP contribution in [0.1, 0.15) is 5.56 Å². The van der Waals surface area contributed by atoms with E-state index in [2.05, 4.69) is 9.97 Å². The molecule has 2 aromatic carbocycles. The number of nitrogens with zero attached hydrogens (tertiary/aromatic N) is 2. The van der Waals surface area contributed by atoms with E-state index in [1.807, 2.05) is 37.4 Å². The van der Waals surface area contributed by atoms with Crippen molar-refractivity contribution in [3.05, 3.63) is 66.6 Å². The lowest BCUT2D eigenvalue weighted by atomic mass is 10.2. The molecule has 6 heteroatoms. The number of para-hydroxylation sites is 1. The van der Waals surface area contributed by atoms with Gasteiger partial charge in [0.1, 0.15) is 6.33 Å². The number of aryl methyl sites for hydroxylation is 1. The Kier molecular flexibility index (Phi) is 4.62. The van der Waals surface area contributed by atoms with Gasteiger partial charge in [-0.1, -0.05) is 35.9 Å². The van der Waals surface area contributed by atoms with Gasteiger partial charge in [-0.3, -0.25) is 4.55 Å². The second-order valence-electron chi connectivity index (χ2n) is 4.37. The highest BCUT2D eigenvalue weighted by Crippen LogP contribution is 2.08. The monoisotopic (exact) mass is 302 g/mol. The minimum atomic E-state index is -4.02. The molecule has 0 aliphatic carbocycles. The molecule has 0 saturated heterocycles. The Morgan fingerprint density at radius 1 is 1.00 bits per heavy atom. The Labute approximate surface area is 123 Å². The highest BCUT2D eigenvalue weighted by atomic mass is 32.2. The average Bonchev–Trinajstić information content (AvgIpc) is 2.47. The number of rotatable bonds is 1. The predicted molar refractivity (Wildman–Crippen MR) is 80.5 cm³/mol. The van der Waals surface area contributed by atoms with E-state index in [0.29, 0.717) is 0 Å². The molecule has 108 valence electrons. The summed E-state index contributed by atoms with van der Waals surface area (Å²) in [6.45, 7) is 1.84. The highest BCUT2D eigenvalue weighted by Gasteiger charge is 2.06. The normalized spacial score (nSPS) is 10.8. The van der Waals surface area contributed by atoms with Crippen molar-refractivity contribution in [3.63, 3.8) is 0 Å². The van der Waals surface area contributed by atoms with Crippen LogP contribution in [0.3, 0.4) is 0 Å².